The van der Waals surface area contributed by atoms with Crippen LogP contribution in [0.15, 0.2) is 24.3 Å². The summed E-state index contributed by atoms with van der Waals surface area (Å²) >= 11 is 0. The second-order valence-corrected chi connectivity index (χ2v) is 5.12. The molecule has 2 atom stereocenters. The molecule has 0 spiro atoms. The van der Waals surface area contributed by atoms with E-state index in [1.807, 2.05) is 0 Å². The monoisotopic (exact) mass is 322 g/mol. The molecule has 1 aromatic rings. The highest BCUT2D eigenvalue weighted by molar-refractivity contribution is 5.85. The molecule has 21 heavy (non-hydrogen) atoms. The lowest BCUT2D eigenvalue weighted by atomic mass is 10.0. The average molecular weight is 323 g/mol. The number of rotatable bonds is 3. The topological polar surface area (TPSA) is 55.1 Å². The molecule has 1 amide bonds. The standard InChI is InChI=1S/C14H17F3N2O.ClH/c15-14(16,17)10-4-1-3-9(7-10)8-19-13(20)11-5-2-6-12(11)18;/h1,3-4,7,11-12H,2,5-6,8,18H2,(H,19,20);1H. The Morgan fingerprint density at radius 2 is 2.05 bits per heavy atom. The van der Waals surface area contributed by atoms with E-state index < -0.39 is 11.7 Å². The Balaban J connectivity index is 0.00000220. The molecule has 1 aliphatic carbocycles. The summed E-state index contributed by atoms with van der Waals surface area (Å²) in [5.41, 5.74) is 5.54. The second kappa shape index (κ2) is 7.13. The molecular formula is C14H18ClF3N2O. The molecule has 3 nitrogen and oxygen atoms in total. The van der Waals surface area contributed by atoms with Crippen molar-refractivity contribution in [1.29, 1.82) is 0 Å². The molecule has 3 N–H and O–H groups in total. The van der Waals surface area contributed by atoms with Crippen LogP contribution in [0.3, 0.4) is 0 Å². The van der Waals surface area contributed by atoms with Crippen molar-refractivity contribution in [3.63, 3.8) is 0 Å². The Hall–Kier alpha value is -1.27. The maximum Gasteiger partial charge on any atom is 0.416 e. The van der Waals surface area contributed by atoms with Crippen molar-refractivity contribution in [2.45, 2.75) is 38.0 Å². The molecule has 0 aromatic heterocycles. The predicted molar refractivity (Wildman–Crippen MR) is 75.9 cm³/mol. The SMILES string of the molecule is Cl.NC1CCCC1C(=O)NCc1cccc(C(F)(F)F)c1. The first-order valence-electron chi connectivity index (χ1n) is 6.57. The smallest absolute Gasteiger partial charge is 0.352 e. The van der Waals surface area contributed by atoms with Crippen LogP contribution >= 0.6 is 12.4 Å². The molecule has 0 bridgehead atoms. The lowest BCUT2D eigenvalue weighted by molar-refractivity contribution is -0.137. The third-order valence-electron chi connectivity index (χ3n) is 3.63. The van der Waals surface area contributed by atoms with Crippen molar-refractivity contribution in [1.82, 2.24) is 5.32 Å². The third-order valence-corrected chi connectivity index (χ3v) is 3.63. The van der Waals surface area contributed by atoms with Gasteiger partial charge in [0.1, 0.15) is 0 Å². The first kappa shape index (κ1) is 17.8. The maximum absolute atomic E-state index is 12.6. The van der Waals surface area contributed by atoms with Gasteiger partial charge in [-0.25, -0.2) is 0 Å². The molecule has 2 rings (SSSR count). The van der Waals surface area contributed by atoms with E-state index >= 15 is 0 Å². The van der Waals surface area contributed by atoms with Gasteiger partial charge in [0.2, 0.25) is 5.91 Å². The summed E-state index contributed by atoms with van der Waals surface area (Å²) in [6.07, 6.45) is -1.88. The summed E-state index contributed by atoms with van der Waals surface area (Å²) in [6, 6.07) is 4.82. The van der Waals surface area contributed by atoms with E-state index in [1.54, 1.807) is 6.07 Å². The van der Waals surface area contributed by atoms with Crippen LogP contribution in [0.5, 0.6) is 0 Å². The molecule has 0 radical (unpaired) electrons. The highest BCUT2D eigenvalue weighted by Crippen LogP contribution is 2.29. The summed E-state index contributed by atoms with van der Waals surface area (Å²) in [5.74, 6) is -0.395. The number of amides is 1. The summed E-state index contributed by atoms with van der Waals surface area (Å²) in [7, 11) is 0. The van der Waals surface area contributed by atoms with Crippen molar-refractivity contribution >= 4 is 18.3 Å². The number of halogens is 4. The minimum absolute atomic E-state index is 0. The fraction of sp³-hybridized carbons (Fsp3) is 0.500. The quantitative estimate of drug-likeness (QED) is 0.899. The fourth-order valence-corrected chi connectivity index (χ4v) is 2.49. The van der Waals surface area contributed by atoms with E-state index in [4.69, 9.17) is 5.73 Å². The van der Waals surface area contributed by atoms with Crippen LogP contribution in [-0.4, -0.2) is 11.9 Å². The van der Waals surface area contributed by atoms with E-state index in [-0.39, 0.29) is 36.8 Å². The predicted octanol–water partition coefficient (Wildman–Crippen LogP) is 2.87. The van der Waals surface area contributed by atoms with Gasteiger partial charge in [-0.1, -0.05) is 18.6 Å². The highest BCUT2D eigenvalue weighted by atomic mass is 35.5. The molecule has 0 saturated heterocycles. The van der Waals surface area contributed by atoms with Gasteiger partial charge >= 0.3 is 6.18 Å². The Morgan fingerprint density at radius 3 is 2.62 bits per heavy atom. The lowest BCUT2D eigenvalue weighted by Gasteiger charge is -2.15. The number of hydrogen-bond acceptors (Lipinski definition) is 2. The average Bonchev–Trinajstić information content (AvgIpc) is 2.82. The van der Waals surface area contributed by atoms with Crippen LogP contribution in [0.4, 0.5) is 13.2 Å². The number of hydrogen-bond donors (Lipinski definition) is 2. The molecule has 1 aromatic carbocycles. The zero-order chi connectivity index (χ0) is 14.8. The first-order chi connectivity index (χ1) is 9.38. The Bertz CT molecular complexity index is 493. The largest absolute Gasteiger partial charge is 0.416 e. The lowest BCUT2D eigenvalue weighted by Crippen LogP contribution is -2.38. The van der Waals surface area contributed by atoms with Gasteiger partial charge in [-0.3, -0.25) is 4.79 Å². The van der Waals surface area contributed by atoms with Crippen molar-refractivity contribution in [3.8, 4) is 0 Å². The zero-order valence-electron chi connectivity index (χ0n) is 11.3. The van der Waals surface area contributed by atoms with Gasteiger partial charge in [0.05, 0.1) is 11.5 Å². The summed E-state index contributed by atoms with van der Waals surface area (Å²) < 4.78 is 37.7. The van der Waals surface area contributed by atoms with Crippen LogP contribution in [0, 0.1) is 5.92 Å². The maximum atomic E-state index is 12.6. The van der Waals surface area contributed by atoms with Crippen molar-refractivity contribution in [3.05, 3.63) is 35.4 Å². The fourth-order valence-electron chi connectivity index (χ4n) is 2.49. The van der Waals surface area contributed by atoms with E-state index in [2.05, 4.69) is 5.32 Å². The Labute approximate surface area is 127 Å². The van der Waals surface area contributed by atoms with E-state index in [0.717, 1.165) is 31.4 Å². The summed E-state index contributed by atoms with van der Waals surface area (Å²) in [5, 5.41) is 2.66. The number of nitrogens with one attached hydrogen (secondary N) is 1. The van der Waals surface area contributed by atoms with Gasteiger partial charge in [0.25, 0.3) is 0 Å². The molecule has 7 heteroatoms. The molecule has 1 saturated carbocycles. The number of nitrogens with two attached hydrogens (primary N) is 1. The van der Waals surface area contributed by atoms with Gasteiger partial charge in [0, 0.05) is 12.6 Å². The van der Waals surface area contributed by atoms with Crippen molar-refractivity contribution < 1.29 is 18.0 Å². The number of benzene rings is 1. The van der Waals surface area contributed by atoms with E-state index in [9.17, 15) is 18.0 Å². The van der Waals surface area contributed by atoms with Crippen LogP contribution in [0.1, 0.15) is 30.4 Å². The minimum atomic E-state index is -4.37. The molecule has 2 unspecified atom stereocenters. The van der Waals surface area contributed by atoms with Crippen LogP contribution < -0.4 is 11.1 Å². The van der Waals surface area contributed by atoms with Crippen LogP contribution in [0.25, 0.3) is 0 Å². The number of alkyl halides is 3. The summed E-state index contributed by atoms with van der Waals surface area (Å²) in [4.78, 5) is 11.9. The van der Waals surface area contributed by atoms with Crippen molar-refractivity contribution in [2.75, 3.05) is 0 Å². The van der Waals surface area contributed by atoms with Gasteiger partial charge in [-0.15, -0.1) is 12.4 Å². The second-order valence-electron chi connectivity index (χ2n) is 5.12. The molecular weight excluding hydrogens is 305 g/mol. The van der Waals surface area contributed by atoms with Crippen molar-refractivity contribution in [2.24, 2.45) is 11.7 Å². The van der Waals surface area contributed by atoms with Gasteiger partial charge in [-0.2, -0.15) is 13.2 Å². The van der Waals surface area contributed by atoms with Gasteiger partial charge in [-0.05, 0) is 30.5 Å². The Kier molecular flexibility index (Phi) is 6.04. The third kappa shape index (κ3) is 4.61. The van der Waals surface area contributed by atoms with Crippen LogP contribution in [-0.2, 0) is 17.5 Å². The van der Waals surface area contributed by atoms with Gasteiger partial charge < -0.3 is 11.1 Å². The molecule has 118 valence electrons. The molecule has 0 aliphatic heterocycles. The molecule has 1 fully saturated rings. The zero-order valence-corrected chi connectivity index (χ0v) is 12.1. The van der Waals surface area contributed by atoms with Gasteiger partial charge in [0.15, 0.2) is 0 Å². The number of carbonyl (C=O) groups excluding carboxylic acids is 1. The van der Waals surface area contributed by atoms with E-state index in [0.29, 0.717) is 5.56 Å². The number of carbonyl (C=O) groups is 1. The normalized spacial score (nSPS) is 21.7. The highest BCUT2D eigenvalue weighted by Gasteiger charge is 2.31. The van der Waals surface area contributed by atoms with Crippen LogP contribution in [0.2, 0.25) is 0 Å². The Morgan fingerprint density at radius 1 is 1.33 bits per heavy atom. The van der Waals surface area contributed by atoms with E-state index in [1.165, 1.54) is 6.07 Å². The minimum Gasteiger partial charge on any atom is -0.352 e. The molecule has 1 aliphatic rings. The first-order valence-corrected chi connectivity index (χ1v) is 6.57. The molecule has 0 heterocycles. The summed E-state index contributed by atoms with van der Waals surface area (Å²) in [6.45, 7) is 0.0893.